The van der Waals surface area contributed by atoms with Gasteiger partial charge in [0.1, 0.15) is 12.1 Å². The lowest BCUT2D eigenvalue weighted by molar-refractivity contribution is -0.138. The average molecular weight is 1160 g/mol. The van der Waals surface area contributed by atoms with Gasteiger partial charge in [-0.3, -0.25) is 33.6 Å². The molecule has 0 aromatic carbocycles. The molecule has 0 fully saturated rings. The molecule has 33 heteroatoms. The number of carboxylic acid groups (broad SMARTS) is 1. The monoisotopic (exact) mass is 1160 g/mol. The van der Waals surface area contributed by atoms with Gasteiger partial charge in [0.25, 0.3) is 0 Å². The van der Waals surface area contributed by atoms with Crippen molar-refractivity contribution in [2.24, 2.45) is 15.3 Å². The molecule has 0 spiro atoms. The Morgan fingerprint density at radius 3 is 1.06 bits per heavy atom. The van der Waals surface area contributed by atoms with Gasteiger partial charge in [-0.2, -0.15) is 0 Å². The van der Waals surface area contributed by atoms with Gasteiger partial charge in [0.2, 0.25) is 35.4 Å². The highest BCUT2D eigenvalue weighted by atomic mass is 16.6. The number of carboxylic acids is 1. The van der Waals surface area contributed by atoms with Crippen LogP contribution in [0.5, 0.6) is 0 Å². The first kappa shape index (κ1) is 74.8. The molecule has 0 radical (unpaired) electrons. The second kappa shape index (κ2) is 58.5. The molecule has 0 aliphatic rings. The molecule has 0 heterocycles. The van der Waals surface area contributed by atoms with E-state index in [4.69, 9.17) is 69.1 Å². The third-order valence-electron chi connectivity index (χ3n) is 10.5. The van der Waals surface area contributed by atoms with Gasteiger partial charge in [-0.15, -0.1) is 0 Å². The molecule has 33 nitrogen and oxygen atoms in total. The van der Waals surface area contributed by atoms with E-state index in [-0.39, 0.29) is 227 Å². The van der Waals surface area contributed by atoms with E-state index in [9.17, 15) is 33.6 Å². The summed E-state index contributed by atoms with van der Waals surface area (Å²) in [5.74, 6) is -3.29. The van der Waals surface area contributed by atoms with Crippen molar-refractivity contribution in [2.75, 3.05) is 178 Å². The smallest absolute Gasteiger partial charge is 0.305 e. The number of ether oxygens (including phenoxy) is 10. The van der Waals surface area contributed by atoms with Gasteiger partial charge in [-0.05, 0) is 61.5 Å². The first-order chi connectivity index (χ1) is 39.5. The highest BCUT2D eigenvalue weighted by Crippen LogP contribution is 2.07. The Kier molecular flexibility index (Phi) is 54.0. The van der Waals surface area contributed by atoms with Crippen LogP contribution in [0.3, 0.4) is 0 Å². The van der Waals surface area contributed by atoms with Gasteiger partial charge in [0.05, 0.1) is 139 Å². The van der Waals surface area contributed by atoms with Crippen LogP contribution >= 0.6 is 0 Å². The summed E-state index contributed by atoms with van der Waals surface area (Å²) in [6.45, 7) is 6.15. The van der Waals surface area contributed by atoms with Crippen LogP contribution in [0.15, 0.2) is 15.3 Å². The summed E-state index contributed by atoms with van der Waals surface area (Å²) in [6, 6.07) is -2.11. The molecule has 0 aliphatic heterocycles. The molecule has 6 amide bonds. The van der Waals surface area contributed by atoms with Crippen LogP contribution < -0.4 is 31.9 Å². The fourth-order valence-electron chi connectivity index (χ4n) is 6.42. The molecule has 2 atom stereocenters. The summed E-state index contributed by atoms with van der Waals surface area (Å²) in [6.07, 6.45) is 2.50. The van der Waals surface area contributed by atoms with E-state index in [2.05, 4.69) is 62.0 Å². The van der Waals surface area contributed by atoms with Crippen molar-refractivity contribution in [2.45, 2.75) is 89.1 Å². The minimum atomic E-state index is -1.07. The number of aliphatic carboxylic acids is 1. The van der Waals surface area contributed by atoms with E-state index in [1.54, 1.807) is 0 Å². The van der Waals surface area contributed by atoms with Crippen molar-refractivity contribution in [1.82, 2.24) is 31.9 Å². The molecular formula is C48H87N15O18. The molecule has 0 aliphatic carbocycles. The Balaban J connectivity index is 5.45. The van der Waals surface area contributed by atoms with E-state index < -0.39 is 35.8 Å². The van der Waals surface area contributed by atoms with E-state index in [1.165, 1.54) is 0 Å². The summed E-state index contributed by atoms with van der Waals surface area (Å²) in [5, 5.41) is 35.5. The molecule has 0 bridgehead atoms. The van der Waals surface area contributed by atoms with E-state index in [1.807, 2.05) is 0 Å². The summed E-state index contributed by atoms with van der Waals surface area (Å²) in [7, 11) is 0. The lowest BCUT2D eigenvalue weighted by Crippen LogP contribution is -2.54. The maximum atomic E-state index is 14.0. The summed E-state index contributed by atoms with van der Waals surface area (Å²) < 4.78 is 53.6. The van der Waals surface area contributed by atoms with Crippen LogP contribution in [-0.2, 0) is 80.9 Å². The van der Waals surface area contributed by atoms with Crippen LogP contribution in [0.25, 0.3) is 31.3 Å². The maximum absolute atomic E-state index is 14.0. The highest BCUT2D eigenvalue weighted by Gasteiger charge is 2.26. The first-order valence-electron chi connectivity index (χ1n) is 27.2. The zero-order valence-corrected chi connectivity index (χ0v) is 46.6. The van der Waals surface area contributed by atoms with Crippen molar-refractivity contribution in [3.05, 3.63) is 31.3 Å². The quantitative estimate of drug-likeness (QED) is 0.0195. The molecule has 0 aromatic rings. The van der Waals surface area contributed by atoms with Gasteiger partial charge < -0.3 is 84.4 Å². The zero-order chi connectivity index (χ0) is 59.3. The summed E-state index contributed by atoms with van der Waals surface area (Å²) in [4.78, 5) is 96.6. The number of unbranched alkanes of at least 4 members (excludes halogenated alkanes) is 2. The summed E-state index contributed by atoms with van der Waals surface area (Å²) >= 11 is 0. The fourth-order valence-corrected chi connectivity index (χ4v) is 6.42. The lowest BCUT2D eigenvalue weighted by atomic mass is 10.0. The molecular weight excluding hydrogens is 1070 g/mol. The Hall–Kier alpha value is -6.18. The number of carbonyl (C=O) groups excluding carboxylic acids is 6. The number of hydrogen-bond acceptors (Lipinski definition) is 20. The summed E-state index contributed by atoms with van der Waals surface area (Å²) in [5.41, 5.74) is 24.9. The Morgan fingerprint density at radius 1 is 0.346 bits per heavy atom. The number of hydrogen-bond donors (Lipinski definition) is 7. The topological polar surface area (TPSA) is 450 Å². The second-order valence-electron chi connectivity index (χ2n) is 17.0. The number of nitrogens with one attached hydrogen (secondary N) is 6. The Labute approximate surface area is 472 Å². The van der Waals surface area contributed by atoms with Crippen molar-refractivity contribution in [3.8, 4) is 0 Å². The Morgan fingerprint density at radius 2 is 0.679 bits per heavy atom. The van der Waals surface area contributed by atoms with Crippen molar-refractivity contribution < 1.29 is 86.0 Å². The third-order valence-corrected chi connectivity index (χ3v) is 10.5. The van der Waals surface area contributed by atoms with Gasteiger partial charge >= 0.3 is 5.97 Å². The van der Waals surface area contributed by atoms with E-state index >= 15 is 0 Å². The molecule has 0 saturated heterocycles. The highest BCUT2D eigenvalue weighted by molar-refractivity contribution is 5.92. The van der Waals surface area contributed by atoms with Gasteiger partial charge in [-0.25, -0.2) is 0 Å². The molecule has 0 unspecified atom stereocenters. The van der Waals surface area contributed by atoms with Crippen LogP contribution in [0.4, 0.5) is 0 Å². The third kappa shape index (κ3) is 54.2. The lowest BCUT2D eigenvalue weighted by Gasteiger charge is -2.23. The molecule has 0 aromatic heterocycles. The van der Waals surface area contributed by atoms with Crippen LogP contribution in [0.2, 0.25) is 0 Å². The maximum Gasteiger partial charge on any atom is 0.305 e. The predicted octanol–water partition coefficient (Wildman–Crippen LogP) is 1.28. The second-order valence-corrected chi connectivity index (χ2v) is 17.0. The van der Waals surface area contributed by atoms with Gasteiger partial charge in [0, 0.05) is 86.2 Å². The zero-order valence-electron chi connectivity index (χ0n) is 46.6. The molecule has 81 heavy (non-hydrogen) atoms. The molecule has 462 valence electrons. The molecule has 7 N–H and O–H groups in total. The number of nitrogens with zero attached hydrogens (tertiary/aromatic N) is 9. The number of amides is 6. The van der Waals surface area contributed by atoms with Gasteiger partial charge in [-0.1, -0.05) is 15.3 Å². The number of carbonyl (C=O) groups is 7. The number of rotatable bonds is 60. The molecule has 0 saturated carbocycles. The van der Waals surface area contributed by atoms with Crippen LogP contribution in [0, 0.1) is 0 Å². The van der Waals surface area contributed by atoms with Crippen molar-refractivity contribution in [3.63, 3.8) is 0 Å². The minimum absolute atomic E-state index is 0.0319. The Bertz CT molecular complexity index is 1830. The average Bonchev–Trinajstić information content (AvgIpc) is 3.44. The van der Waals surface area contributed by atoms with Crippen molar-refractivity contribution in [1.29, 1.82) is 0 Å². The molecule has 0 rings (SSSR count). The van der Waals surface area contributed by atoms with Crippen molar-refractivity contribution >= 4 is 41.4 Å². The largest absolute Gasteiger partial charge is 0.481 e. The van der Waals surface area contributed by atoms with Crippen LogP contribution in [-0.4, -0.2) is 237 Å². The normalized spacial score (nSPS) is 11.5. The first-order valence-corrected chi connectivity index (χ1v) is 27.2. The SMILES string of the molecule is [N-]=[N+]=NCCOCCOCCC(=O)NCCCC[C@H](NC(=O)CCCNC(=O)CCOCCOCCN=[N+]=[N-])C(=O)N[C@@H](CCCCNC(=O)CCOCCOCCN=[N+]=[N-])C(=O)NCCOCCOCCOCCOCCC(=O)O. The predicted molar refractivity (Wildman–Crippen MR) is 289 cm³/mol. The number of azide groups is 3. The minimum Gasteiger partial charge on any atom is -0.481 e. The standard InChI is InChI=1S/C48H87N15O18/c49-61-56-17-25-77-32-28-72-20-9-42(64)52-13-3-1-6-40(47(70)55-16-24-76-35-37-81-39-38-80-36-31-75-23-12-46(68)69)60-48(71)41(7-2-4-14-53-43(65)10-21-73-29-33-78-26-18-57-62-50)59-45(67)8-5-15-54-44(66)11-22-74-30-34-79-27-19-58-63-51/h40-41H,1-39H2,(H,52,64)(H,53,65)(H,54,66)(H,55,70)(H,59,67)(H,60,71)(H,68,69)/t40-,41-/m0/s1. The van der Waals surface area contributed by atoms with E-state index in [0.717, 1.165) is 0 Å². The van der Waals surface area contributed by atoms with Crippen LogP contribution in [0.1, 0.15) is 77.0 Å². The van der Waals surface area contributed by atoms with E-state index in [0.29, 0.717) is 45.4 Å². The van der Waals surface area contributed by atoms with Gasteiger partial charge in [0.15, 0.2) is 0 Å². The fraction of sp³-hybridized carbons (Fsp3) is 0.854.